The highest BCUT2D eigenvalue weighted by molar-refractivity contribution is 8.13. The van der Waals surface area contributed by atoms with Crippen molar-refractivity contribution in [2.24, 2.45) is 5.92 Å². The number of nitrogens with one attached hydrogen (secondary N) is 1. The number of benzene rings is 1. The molecule has 80 heavy (non-hydrogen) atoms. The van der Waals surface area contributed by atoms with E-state index in [-0.39, 0.29) is 73.4 Å². The molecule has 0 spiro atoms. The van der Waals surface area contributed by atoms with E-state index >= 15 is 0 Å². The molecule has 10 atom stereocenters. The number of ketones is 3. The highest BCUT2D eigenvalue weighted by Crippen LogP contribution is 2.49. The van der Waals surface area contributed by atoms with Gasteiger partial charge in [0.15, 0.2) is 17.3 Å². The Hall–Kier alpha value is -5.85. The van der Waals surface area contributed by atoms with E-state index in [1.807, 2.05) is 25.1 Å². The second-order valence-corrected chi connectivity index (χ2v) is 22.7. The van der Waals surface area contributed by atoms with Gasteiger partial charge in [-0.3, -0.25) is 29.3 Å². The summed E-state index contributed by atoms with van der Waals surface area (Å²) in [5.74, 6) is -3.63. The van der Waals surface area contributed by atoms with E-state index in [1.165, 1.54) is 49.9 Å². The number of aliphatic hydroxyl groups is 1. The standard InChI is InChI=1S/C56H75ClN4O18S/c1-32-15-14-18-44(73-9)56(71)30-43(75-52(68)58-56)33(2)50-55(4,79-50)45(29-37(62)28-36-26-35(25-32)27-42(72-8)48(36)57)77-51(67)34(3)61(7)46(65)21-24-80-54(70)60(6)23-22-59(5)53(69)76-41-17-13-11-10-12-16-40(41)74-31-47(66)78-49-38(63)19-20-39(49)64/h13-15,17-18,26-27,33-34,40-41,43-45,49-50,71H,10-12,16,19-25,28-31H2,1-9H3,(H,58,68)/b17-13+,18-14+,32-15+/t33-,34+,40?,41?,43+,44-,45+,50+,55+,56+/m1/s1. The van der Waals surface area contributed by atoms with Gasteiger partial charge in [0.25, 0.3) is 5.24 Å². The van der Waals surface area contributed by atoms with E-state index in [9.17, 15) is 48.3 Å². The van der Waals surface area contributed by atoms with Crippen molar-refractivity contribution in [2.45, 2.75) is 158 Å². The molecule has 1 saturated carbocycles. The maximum absolute atomic E-state index is 14.1. The number of allylic oxidation sites excluding steroid dienone is 4. The molecule has 0 radical (unpaired) electrons. The number of amides is 4. The number of hydrogen-bond acceptors (Lipinski definition) is 19. The van der Waals surface area contributed by atoms with Crippen LogP contribution in [0.1, 0.15) is 96.6 Å². The van der Waals surface area contributed by atoms with Crippen molar-refractivity contribution in [3.05, 3.63) is 64.2 Å². The smallest absolute Gasteiger partial charge is 0.410 e. The number of methoxy groups -OCH3 is 2. The molecule has 2 aliphatic heterocycles. The molecule has 5 aliphatic rings. The molecule has 4 amide bonds. The van der Waals surface area contributed by atoms with E-state index in [0.717, 1.165) is 42.2 Å². The fourth-order valence-electron chi connectivity index (χ4n) is 10.0. The normalized spacial score (nSPS) is 29.1. The van der Waals surface area contributed by atoms with Crippen molar-refractivity contribution in [3.8, 4) is 5.75 Å². The minimum absolute atomic E-state index is 0.0199. The summed E-state index contributed by atoms with van der Waals surface area (Å²) in [5.41, 5.74) is -0.980. The average Bonchev–Trinajstić information content (AvgIpc) is 4.01. The van der Waals surface area contributed by atoms with Crippen molar-refractivity contribution in [3.63, 3.8) is 0 Å². The lowest BCUT2D eigenvalue weighted by Crippen LogP contribution is -2.63. The lowest BCUT2D eigenvalue weighted by atomic mass is 9.83. The first-order valence-corrected chi connectivity index (χ1v) is 28.2. The Balaban J connectivity index is 1.04. The average molecular weight is 1160 g/mol. The molecule has 3 aliphatic carbocycles. The quantitative estimate of drug-likeness (QED) is 0.0667. The topological polar surface area (TPSA) is 273 Å². The maximum atomic E-state index is 14.1. The van der Waals surface area contributed by atoms with Crippen LogP contribution in [-0.4, -0.2) is 193 Å². The van der Waals surface area contributed by atoms with Crippen LogP contribution in [0, 0.1) is 5.92 Å². The summed E-state index contributed by atoms with van der Waals surface area (Å²) in [6.07, 6.45) is 2.85. The zero-order valence-corrected chi connectivity index (χ0v) is 48.4. The number of rotatable bonds is 16. The minimum atomic E-state index is -1.89. The number of fused-ring (bicyclic) bond motifs is 5. The third-order valence-corrected chi connectivity index (χ3v) is 16.6. The second-order valence-electron chi connectivity index (χ2n) is 21.2. The van der Waals surface area contributed by atoms with Gasteiger partial charge >= 0.3 is 24.1 Å². The molecule has 22 nitrogen and oxygen atoms in total. The number of ether oxygens (including phenoxy) is 8. The molecule has 2 saturated heterocycles. The third kappa shape index (κ3) is 16.4. The number of Topliss-reactive ketones (excluding diaryl/α,β-unsaturated/α-hetero) is 3. The number of thioether (sulfide) groups is 1. The van der Waals surface area contributed by atoms with Gasteiger partial charge in [-0.1, -0.05) is 72.7 Å². The summed E-state index contributed by atoms with van der Waals surface area (Å²) in [6.45, 7) is 6.45. The van der Waals surface area contributed by atoms with Crippen molar-refractivity contribution in [1.29, 1.82) is 0 Å². The SMILES string of the molecule is COc1cc2cc(c1Cl)CC(=O)C[C@H](OC(=O)[C@H](C)N(C)C(=O)CCSC(=O)N(C)CCN(C)C(=O)OC1/C=C/CCCCC1OCC(=O)OC1C(=O)CCC1=O)[C@]1(C)O[C@H]1[C@H](C)[C@@H]1C[C@@](O)(NC(=O)O1)[C@H](OC)/C=C/C=C(\C)C2. The molecule has 6 rings (SSSR count). The van der Waals surface area contributed by atoms with E-state index in [2.05, 4.69) is 5.32 Å². The lowest BCUT2D eigenvalue weighted by Gasteiger charge is -2.42. The monoisotopic (exact) mass is 1160 g/mol. The molecule has 24 heteroatoms. The Labute approximate surface area is 475 Å². The van der Waals surface area contributed by atoms with Crippen molar-refractivity contribution in [1.82, 2.24) is 20.0 Å². The van der Waals surface area contributed by atoms with Crippen LogP contribution in [0.25, 0.3) is 0 Å². The van der Waals surface area contributed by atoms with Crippen LogP contribution >= 0.6 is 23.4 Å². The molecular formula is C56H75ClN4O18S. The molecule has 0 aromatic heterocycles. The molecule has 3 fully saturated rings. The Bertz CT molecular complexity index is 2580. The molecule has 2 N–H and O–H groups in total. The van der Waals surface area contributed by atoms with Gasteiger partial charge in [0.05, 0.1) is 24.3 Å². The number of likely N-dealkylation sites (N-methyl/N-ethyl adjacent to an activating group) is 3. The molecule has 1 aromatic carbocycles. The second kappa shape index (κ2) is 28.2. The van der Waals surface area contributed by atoms with Gasteiger partial charge in [0.1, 0.15) is 54.2 Å². The van der Waals surface area contributed by atoms with Crippen LogP contribution in [0.2, 0.25) is 5.02 Å². The summed E-state index contributed by atoms with van der Waals surface area (Å²) in [6, 6.07) is 2.43. The summed E-state index contributed by atoms with van der Waals surface area (Å²) in [5, 5.41) is 14.2. The van der Waals surface area contributed by atoms with E-state index in [0.29, 0.717) is 24.2 Å². The zero-order chi connectivity index (χ0) is 58.6. The largest absolute Gasteiger partial charge is 0.495 e. The van der Waals surface area contributed by atoms with Gasteiger partial charge in [-0.15, -0.1) is 0 Å². The number of esters is 2. The fourth-order valence-corrected chi connectivity index (χ4v) is 11.0. The molecule has 440 valence electrons. The highest BCUT2D eigenvalue weighted by atomic mass is 35.5. The predicted octanol–water partition coefficient (Wildman–Crippen LogP) is 5.63. The van der Waals surface area contributed by atoms with Crippen LogP contribution in [-0.2, 0) is 74.8 Å². The number of alkyl carbamates (subject to hydrolysis) is 1. The summed E-state index contributed by atoms with van der Waals surface area (Å²) < 4.78 is 46.0. The van der Waals surface area contributed by atoms with Gasteiger partial charge < -0.3 is 57.7 Å². The van der Waals surface area contributed by atoms with Gasteiger partial charge in [-0.2, -0.15) is 0 Å². The summed E-state index contributed by atoms with van der Waals surface area (Å²) in [4.78, 5) is 121. The molecule has 4 bridgehead atoms. The summed E-state index contributed by atoms with van der Waals surface area (Å²) in [7, 11) is 7.34. The first-order chi connectivity index (χ1) is 37.9. The van der Waals surface area contributed by atoms with Gasteiger partial charge in [-0.25, -0.2) is 19.2 Å². The molecule has 2 unspecified atom stereocenters. The fraction of sp³-hybridized carbons (Fsp3) is 0.625. The first-order valence-electron chi connectivity index (χ1n) is 26.8. The van der Waals surface area contributed by atoms with Crippen molar-refractivity contribution in [2.75, 3.05) is 60.8 Å². The van der Waals surface area contributed by atoms with Crippen molar-refractivity contribution < 1.29 is 86.2 Å². The Kier molecular flexibility index (Phi) is 22.3. The number of nitrogens with zero attached hydrogens (tertiary/aromatic N) is 3. The summed E-state index contributed by atoms with van der Waals surface area (Å²) >= 11 is 7.64. The van der Waals surface area contributed by atoms with Crippen molar-refractivity contribution >= 4 is 76.0 Å². The molecular weight excluding hydrogens is 1080 g/mol. The van der Waals surface area contributed by atoms with E-state index in [1.54, 1.807) is 45.2 Å². The van der Waals surface area contributed by atoms with Gasteiger partial charge in [0.2, 0.25) is 12.0 Å². The van der Waals surface area contributed by atoms with E-state index in [4.69, 9.17) is 49.5 Å². The Morgan fingerprint density at radius 2 is 1.68 bits per heavy atom. The molecule has 1 aromatic rings. The van der Waals surface area contributed by atoms with Crippen LogP contribution in [0.3, 0.4) is 0 Å². The van der Waals surface area contributed by atoms with Crippen LogP contribution < -0.4 is 10.1 Å². The number of carbonyl (C=O) groups is 9. The Morgan fingerprint density at radius 3 is 2.38 bits per heavy atom. The number of epoxide rings is 1. The van der Waals surface area contributed by atoms with Crippen LogP contribution in [0.5, 0.6) is 5.75 Å². The van der Waals surface area contributed by atoms with Gasteiger partial charge in [-0.05, 0) is 69.7 Å². The third-order valence-electron chi connectivity index (χ3n) is 15.2. The maximum Gasteiger partial charge on any atom is 0.410 e. The van der Waals surface area contributed by atoms with Gasteiger partial charge in [0, 0.05) is 91.5 Å². The Morgan fingerprint density at radius 1 is 0.963 bits per heavy atom. The molecule has 2 heterocycles. The lowest BCUT2D eigenvalue weighted by molar-refractivity contribution is -0.164. The first kappa shape index (κ1) is 63.3. The zero-order valence-electron chi connectivity index (χ0n) is 46.9. The minimum Gasteiger partial charge on any atom is -0.495 e. The predicted molar refractivity (Wildman–Crippen MR) is 291 cm³/mol. The van der Waals surface area contributed by atoms with Crippen LogP contribution in [0.15, 0.2) is 48.1 Å². The van der Waals surface area contributed by atoms with E-state index < -0.39 is 114 Å². The van der Waals surface area contributed by atoms with Crippen LogP contribution in [0.4, 0.5) is 14.4 Å². The number of halogens is 1. The number of hydrogen-bond donors (Lipinski definition) is 2. The highest BCUT2D eigenvalue weighted by Gasteiger charge is 2.64. The number of carbonyl (C=O) groups excluding carboxylic acids is 9.